The van der Waals surface area contributed by atoms with Crippen LogP contribution in [0.25, 0.3) is 0 Å². The molecule has 4 N–H and O–H groups in total. The van der Waals surface area contributed by atoms with Crippen LogP contribution < -0.4 is 30.7 Å². The van der Waals surface area contributed by atoms with Gasteiger partial charge in [-0.05, 0) is 49.4 Å². The molecule has 2 heterocycles. The van der Waals surface area contributed by atoms with Crippen molar-refractivity contribution in [3.8, 4) is 11.5 Å². The molecule has 1 aromatic heterocycles. The van der Waals surface area contributed by atoms with Gasteiger partial charge in [0.2, 0.25) is 11.8 Å². The Balaban J connectivity index is 1.53. The lowest BCUT2D eigenvalue weighted by atomic mass is 10.0. The fourth-order valence-electron chi connectivity index (χ4n) is 5.02. The van der Waals surface area contributed by atoms with Gasteiger partial charge in [-0.15, -0.1) is 0 Å². The van der Waals surface area contributed by atoms with Crippen LogP contribution in [0.3, 0.4) is 0 Å². The number of para-hydroxylation sites is 2. The number of hydrogen-bond acceptors (Lipinski definition) is 8. The number of aromatic nitrogens is 2. The zero-order valence-corrected chi connectivity index (χ0v) is 26.3. The number of ether oxygens (including phenoxy) is 2. The van der Waals surface area contributed by atoms with E-state index < -0.39 is 17.9 Å². The van der Waals surface area contributed by atoms with Gasteiger partial charge < -0.3 is 30.7 Å². The third kappa shape index (κ3) is 10.6. The molecule has 4 amide bonds. The Kier molecular flexibility index (Phi) is 12.9. The maximum absolute atomic E-state index is 13.4. The van der Waals surface area contributed by atoms with Crippen molar-refractivity contribution in [2.75, 3.05) is 26.3 Å². The molecule has 1 aliphatic heterocycles. The van der Waals surface area contributed by atoms with Crippen LogP contribution in [-0.2, 0) is 16.0 Å². The molecule has 0 fully saturated rings. The molecule has 2 aromatic carbocycles. The van der Waals surface area contributed by atoms with Gasteiger partial charge in [-0.2, -0.15) is 0 Å². The van der Waals surface area contributed by atoms with E-state index in [-0.39, 0.29) is 61.9 Å². The predicted octanol–water partition coefficient (Wildman–Crippen LogP) is 2.84. The van der Waals surface area contributed by atoms with Crippen molar-refractivity contribution in [1.29, 1.82) is 0 Å². The molecule has 0 bridgehead atoms. The van der Waals surface area contributed by atoms with Gasteiger partial charge in [0.1, 0.15) is 24.1 Å². The molecule has 0 unspecified atom stereocenters. The largest absolute Gasteiger partial charge is 0.493 e. The minimum absolute atomic E-state index is 0.0196. The standard InChI is InChI=1S/C34H42N6O6/c1-23(2)20-25-22-46-30-11-6-3-8-26(30)32(42)37-15-7-19-45-29-10-5-4-9-27(29)33(43)40-28(12-13-31(41)39-25)34(44)38-16-14-24-21-35-17-18-36-24/h3-6,8-11,17-18,21,23,25,28H,7,12-16,19-20,22H2,1-2H3,(H,37,42)(H,38,44)(H,39,41)(H,40,43)/t25-,28-/m0/s1. The molecule has 0 saturated heterocycles. The van der Waals surface area contributed by atoms with Crippen molar-refractivity contribution < 1.29 is 28.7 Å². The van der Waals surface area contributed by atoms with Crippen LogP contribution in [0.2, 0.25) is 0 Å². The Morgan fingerprint density at radius 3 is 2.39 bits per heavy atom. The van der Waals surface area contributed by atoms with Crippen LogP contribution in [0.1, 0.15) is 65.9 Å². The highest BCUT2D eigenvalue weighted by Crippen LogP contribution is 2.20. The van der Waals surface area contributed by atoms with Gasteiger partial charge in [0.15, 0.2) is 0 Å². The normalized spacial score (nSPS) is 18.4. The van der Waals surface area contributed by atoms with E-state index in [1.165, 1.54) is 0 Å². The summed E-state index contributed by atoms with van der Waals surface area (Å²) < 4.78 is 12.0. The summed E-state index contributed by atoms with van der Waals surface area (Å²) in [7, 11) is 0. The van der Waals surface area contributed by atoms with Crippen LogP contribution in [0, 0.1) is 5.92 Å². The van der Waals surface area contributed by atoms with Crippen molar-refractivity contribution in [2.45, 2.75) is 58.0 Å². The Bertz CT molecular complexity index is 1470. The smallest absolute Gasteiger partial charge is 0.255 e. The third-order valence-electron chi connectivity index (χ3n) is 7.27. The Hall–Kier alpha value is -5.00. The third-order valence-corrected chi connectivity index (χ3v) is 7.27. The highest BCUT2D eigenvalue weighted by molar-refractivity contribution is 6.00. The summed E-state index contributed by atoms with van der Waals surface area (Å²) in [5.74, 6) is -0.470. The van der Waals surface area contributed by atoms with Crippen molar-refractivity contribution in [2.24, 2.45) is 5.92 Å². The van der Waals surface area contributed by atoms with E-state index in [0.717, 1.165) is 0 Å². The second-order valence-electron chi connectivity index (χ2n) is 11.5. The molecular weight excluding hydrogens is 588 g/mol. The summed E-state index contributed by atoms with van der Waals surface area (Å²) in [5.41, 5.74) is 1.36. The molecule has 46 heavy (non-hydrogen) atoms. The maximum atomic E-state index is 13.4. The quantitative estimate of drug-likeness (QED) is 0.324. The van der Waals surface area contributed by atoms with E-state index in [9.17, 15) is 19.2 Å². The Morgan fingerprint density at radius 2 is 1.67 bits per heavy atom. The van der Waals surface area contributed by atoms with Crippen LogP contribution in [0.15, 0.2) is 67.1 Å². The van der Waals surface area contributed by atoms with Gasteiger partial charge in [0.25, 0.3) is 11.8 Å². The van der Waals surface area contributed by atoms with E-state index in [1.807, 2.05) is 13.8 Å². The predicted molar refractivity (Wildman–Crippen MR) is 171 cm³/mol. The summed E-state index contributed by atoms with van der Waals surface area (Å²) >= 11 is 0. The fourth-order valence-corrected chi connectivity index (χ4v) is 5.02. The summed E-state index contributed by atoms with van der Waals surface area (Å²) in [6, 6.07) is 12.4. The first-order chi connectivity index (χ1) is 22.3. The van der Waals surface area contributed by atoms with Crippen LogP contribution in [-0.4, -0.2) is 72.0 Å². The van der Waals surface area contributed by atoms with Gasteiger partial charge in [0, 0.05) is 44.5 Å². The number of amides is 4. The van der Waals surface area contributed by atoms with Gasteiger partial charge in [-0.3, -0.25) is 29.1 Å². The van der Waals surface area contributed by atoms with Crippen molar-refractivity contribution in [3.63, 3.8) is 0 Å². The van der Waals surface area contributed by atoms with E-state index in [4.69, 9.17) is 9.47 Å². The summed E-state index contributed by atoms with van der Waals surface area (Å²) in [4.78, 5) is 61.2. The summed E-state index contributed by atoms with van der Waals surface area (Å²) in [5, 5.41) is 11.6. The number of carbonyl (C=O) groups is 4. The molecule has 2 atom stereocenters. The van der Waals surface area contributed by atoms with Gasteiger partial charge >= 0.3 is 0 Å². The van der Waals surface area contributed by atoms with Crippen molar-refractivity contribution in [3.05, 3.63) is 83.9 Å². The second-order valence-corrected chi connectivity index (χ2v) is 11.5. The number of nitrogens with zero attached hydrogens (tertiary/aromatic N) is 2. The molecule has 244 valence electrons. The number of hydrogen-bond donors (Lipinski definition) is 4. The highest BCUT2D eigenvalue weighted by Gasteiger charge is 2.25. The SMILES string of the molecule is CC(C)C[C@H]1COc2ccccc2C(=O)NCCCOc2ccccc2C(=O)N[C@H](C(=O)NCCc2cnccn2)CCC(=O)N1. The average Bonchev–Trinajstić information content (AvgIpc) is 3.05. The molecule has 4 rings (SSSR count). The van der Waals surface area contributed by atoms with E-state index >= 15 is 0 Å². The van der Waals surface area contributed by atoms with Crippen LogP contribution in [0.5, 0.6) is 11.5 Å². The Morgan fingerprint density at radius 1 is 0.957 bits per heavy atom. The minimum atomic E-state index is -0.986. The highest BCUT2D eigenvalue weighted by atomic mass is 16.5. The average molecular weight is 631 g/mol. The number of benzene rings is 2. The Labute approximate surface area is 269 Å². The first-order valence-corrected chi connectivity index (χ1v) is 15.6. The lowest BCUT2D eigenvalue weighted by Gasteiger charge is -2.23. The minimum Gasteiger partial charge on any atom is -0.493 e. The molecule has 0 saturated carbocycles. The lowest BCUT2D eigenvalue weighted by molar-refractivity contribution is -0.124. The molecule has 3 aromatic rings. The lowest BCUT2D eigenvalue weighted by Crippen LogP contribution is -2.48. The zero-order chi connectivity index (χ0) is 32.7. The van der Waals surface area contributed by atoms with Crippen molar-refractivity contribution in [1.82, 2.24) is 31.2 Å². The number of nitrogens with one attached hydrogen (secondary N) is 4. The van der Waals surface area contributed by atoms with Crippen LogP contribution >= 0.6 is 0 Å². The van der Waals surface area contributed by atoms with Gasteiger partial charge in [0.05, 0.1) is 29.5 Å². The number of rotatable bonds is 6. The summed E-state index contributed by atoms with van der Waals surface area (Å²) in [6.07, 6.45) is 6.41. The zero-order valence-electron chi connectivity index (χ0n) is 26.3. The number of carbonyl (C=O) groups excluding carboxylic acids is 4. The first kappa shape index (κ1) is 33.9. The fraction of sp³-hybridized carbons (Fsp3) is 0.412. The molecule has 12 nitrogen and oxygen atoms in total. The first-order valence-electron chi connectivity index (χ1n) is 15.6. The maximum Gasteiger partial charge on any atom is 0.255 e. The van der Waals surface area contributed by atoms with E-state index in [0.29, 0.717) is 48.6 Å². The number of fused-ring (bicyclic) bond motifs is 2. The van der Waals surface area contributed by atoms with Gasteiger partial charge in [-0.25, -0.2) is 0 Å². The van der Waals surface area contributed by atoms with E-state index in [2.05, 4.69) is 31.2 Å². The molecule has 1 aliphatic rings. The molecule has 0 aliphatic carbocycles. The molecule has 0 radical (unpaired) electrons. The van der Waals surface area contributed by atoms with Crippen molar-refractivity contribution >= 4 is 23.6 Å². The monoisotopic (exact) mass is 630 g/mol. The van der Waals surface area contributed by atoms with E-state index in [1.54, 1.807) is 67.1 Å². The molecule has 12 heteroatoms. The van der Waals surface area contributed by atoms with Gasteiger partial charge in [-0.1, -0.05) is 38.1 Å². The second kappa shape index (κ2) is 17.5. The topological polar surface area (TPSA) is 161 Å². The van der Waals surface area contributed by atoms with Crippen LogP contribution in [0.4, 0.5) is 0 Å². The molecule has 0 spiro atoms. The summed E-state index contributed by atoms with van der Waals surface area (Å²) in [6.45, 7) is 5.10. The molecular formula is C34H42N6O6.